The highest BCUT2D eigenvalue weighted by Gasteiger charge is 2.13. The first-order valence-corrected chi connectivity index (χ1v) is 4.33. The van der Waals surface area contributed by atoms with Crippen molar-refractivity contribution in [2.75, 3.05) is 13.6 Å². The van der Waals surface area contributed by atoms with E-state index in [1.807, 2.05) is 0 Å². The molecule has 0 aliphatic rings. The molecule has 1 heteroatoms. The van der Waals surface area contributed by atoms with Crippen LogP contribution in [-0.2, 0) is 0 Å². The second kappa shape index (κ2) is 4.73. The Bertz CT molecular complexity index is 78.8. The van der Waals surface area contributed by atoms with Gasteiger partial charge >= 0.3 is 0 Å². The average molecular weight is 143 g/mol. The van der Waals surface area contributed by atoms with E-state index in [-0.39, 0.29) is 0 Å². The fourth-order valence-electron chi connectivity index (χ4n) is 1.53. The Morgan fingerprint density at radius 1 is 1.20 bits per heavy atom. The molecule has 0 bridgehead atoms. The molecule has 0 aliphatic carbocycles. The summed E-state index contributed by atoms with van der Waals surface area (Å²) >= 11 is 0. The molecule has 0 saturated carbocycles. The van der Waals surface area contributed by atoms with Gasteiger partial charge in [-0.25, -0.2) is 0 Å². The molecule has 10 heavy (non-hydrogen) atoms. The molecule has 1 nitrogen and oxygen atoms in total. The van der Waals surface area contributed by atoms with Crippen molar-refractivity contribution in [3.63, 3.8) is 0 Å². The Balaban J connectivity index is 3.80. The third-order valence-electron chi connectivity index (χ3n) is 2.25. The summed E-state index contributed by atoms with van der Waals surface area (Å²) in [5.41, 5.74) is 0. The molecule has 1 atom stereocenters. The van der Waals surface area contributed by atoms with Gasteiger partial charge in [-0.05, 0) is 25.9 Å². The zero-order valence-corrected chi connectivity index (χ0v) is 8.02. The van der Waals surface area contributed by atoms with Gasteiger partial charge in [0.25, 0.3) is 0 Å². The van der Waals surface area contributed by atoms with Crippen LogP contribution in [0.3, 0.4) is 0 Å². The summed E-state index contributed by atoms with van der Waals surface area (Å²) in [7, 11) is 2.20. The number of hydrogen-bond donors (Lipinski definition) is 0. The molecule has 0 spiro atoms. The van der Waals surface area contributed by atoms with Gasteiger partial charge in [0.05, 0.1) is 0 Å². The maximum Gasteiger partial charge on any atom is 0.0112 e. The molecule has 0 fully saturated rings. The van der Waals surface area contributed by atoms with Crippen LogP contribution in [0.1, 0.15) is 34.1 Å². The lowest BCUT2D eigenvalue weighted by Crippen LogP contribution is -2.34. The summed E-state index contributed by atoms with van der Waals surface area (Å²) in [4.78, 5) is 2.42. The van der Waals surface area contributed by atoms with Gasteiger partial charge in [0.1, 0.15) is 0 Å². The largest absolute Gasteiger partial charge is 0.303 e. The molecule has 1 unspecified atom stereocenters. The lowest BCUT2D eigenvalue weighted by molar-refractivity contribution is 0.195. The van der Waals surface area contributed by atoms with E-state index in [2.05, 4.69) is 39.6 Å². The van der Waals surface area contributed by atoms with Gasteiger partial charge in [0, 0.05) is 6.04 Å². The van der Waals surface area contributed by atoms with Crippen LogP contribution in [0.5, 0.6) is 0 Å². The molecule has 0 aromatic heterocycles. The zero-order chi connectivity index (χ0) is 8.15. The normalized spacial score (nSPS) is 14.7. The van der Waals surface area contributed by atoms with Crippen LogP contribution < -0.4 is 0 Å². The van der Waals surface area contributed by atoms with Crippen molar-refractivity contribution in [3.05, 3.63) is 0 Å². The summed E-state index contributed by atoms with van der Waals surface area (Å²) in [6.45, 7) is 10.2. The van der Waals surface area contributed by atoms with Gasteiger partial charge in [-0.15, -0.1) is 0 Å². The van der Waals surface area contributed by atoms with E-state index in [1.54, 1.807) is 0 Å². The molecule has 0 aromatic carbocycles. The highest BCUT2D eigenvalue weighted by molar-refractivity contribution is 4.68. The van der Waals surface area contributed by atoms with Crippen LogP contribution >= 0.6 is 0 Å². The highest BCUT2D eigenvalue weighted by atomic mass is 15.1. The number of nitrogens with zero attached hydrogens (tertiary/aromatic N) is 1. The maximum absolute atomic E-state index is 2.42. The van der Waals surface area contributed by atoms with Gasteiger partial charge < -0.3 is 4.90 Å². The second-order valence-corrected chi connectivity index (χ2v) is 3.29. The first-order valence-electron chi connectivity index (χ1n) is 4.33. The first-order chi connectivity index (χ1) is 4.63. The second-order valence-electron chi connectivity index (χ2n) is 3.29. The molecule has 0 radical (unpaired) electrons. The summed E-state index contributed by atoms with van der Waals surface area (Å²) in [5.74, 6) is 0.787. The van der Waals surface area contributed by atoms with E-state index >= 15 is 0 Å². The Kier molecular flexibility index (Phi) is 4.71. The molecule has 0 N–H and O–H groups in total. The van der Waals surface area contributed by atoms with Crippen LogP contribution in [0.15, 0.2) is 0 Å². The molecular formula is C9H21N. The fourth-order valence-corrected chi connectivity index (χ4v) is 1.53. The van der Waals surface area contributed by atoms with E-state index < -0.39 is 0 Å². The third kappa shape index (κ3) is 2.70. The van der Waals surface area contributed by atoms with E-state index in [1.165, 1.54) is 6.42 Å². The lowest BCUT2D eigenvalue weighted by Gasteiger charge is -2.28. The predicted molar refractivity (Wildman–Crippen MR) is 47.2 cm³/mol. The summed E-state index contributed by atoms with van der Waals surface area (Å²) in [6.07, 6.45) is 1.27. The minimum absolute atomic E-state index is 0.769. The quantitative estimate of drug-likeness (QED) is 0.584. The molecule has 0 aliphatic heterocycles. The molecule has 0 rings (SSSR count). The van der Waals surface area contributed by atoms with E-state index in [9.17, 15) is 0 Å². The summed E-state index contributed by atoms with van der Waals surface area (Å²) in [6, 6.07) is 0.769. The predicted octanol–water partition coefficient (Wildman–Crippen LogP) is 2.37. The van der Waals surface area contributed by atoms with Gasteiger partial charge in [-0.3, -0.25) is 0 Å². The monoisotopic (exact) mass is 143 g/mol. The van der Waals surface area contributed by atoms with E-state index in [0.29, 0.717) is 0 Å². The van der Waals surface area contributed by atoms with E-state index in [4.69, 9.17) is 0 Å². The fraction of sp³-hybridized carbons (Fsp3) is 1.00. The molecule has 0 aromatic rings. The van der Waals surface area contributed by atoms with Crippen LogP contribution in [0.25, 0.3) is 0 Å². The molecular weight excluding hydrogens is 122 g/mol. The highest BCUT2D eigenvalue weighted by Crippen LogP contribution is 2.11. The van der Waals surface area contributed by atoms with Gasteiger partial charge in [0.15, 0.2) is 0 Å². The van der Waals surface area contributed by atoms with Crippen molar-refractivity contribution in [2.24, 2.45) is 5.92 Å². The van der Waals surface area contributed by atoms with Gasteiger partial charge in [-0.1, -0.05) is 27.7 Å². The summed E-state index contributed by atoms with van der Waals surface area (Å²) in [5, 5.41) is 0. The molecule has 0 saturated heterocycles. The minimum Gasteiger partial charge on any atom is -0.303 e. The van der Waals surface area contributed by atoms with Crippen molar-refractivity contribution >= 4 is 0 Å². The lowest BCUT2D eigenvalue weighted by atomic mass is 10.0. The van der Waals surface area contributed by atoms with Crippen molar-refractivity contribution in [1.82, 2.24) is 4.90 Å². The van der Waals surface area contributed by atoms with Crippen LogP contribution in [0.4, 0.5) is 0 Å². The van der Waals surface area contributed by atoms with Crippen LogP contribution in [0, 0.1) is 5.92 Å². The Morgan fingerprint density at radius 3 is 1.80 bits per heavy atom. The topological polar surface area (TPSA) is 3.24 Å². The first kappa shape index (κ1) is 9.96. The van der Waals surface area contributed by atoms with Crippen LogP contribution in [0.2, 0.25) is 0 Å². The Hall–Kier alpha value is -0.0400. The van der Waals surface area contributed by atoms with Crippen molar-refractivity contribution in [3.8, 4) is 0 Å². The molecule has 0 amide bonds. The number of hydrogen-bond acceptors (Lipinski definition) is 1. The molecule has 62 valence electrons. The number of rotatable bonds is 4. The van der Waals surface area contributed by atoms with Gasteiger partial charge in [0.2, 0.25) is 0 Å². The van der Waals surface area contributed by atoms with Crippen molar-refractivity contribution < 1.29 is 0 Å². The van der Waals surface area contributed by atoms with E-state index in [0.717, 1.165) is 18.5 Å². The standard InChI is InChI=1S/C9H21N/c1-6-9(8(3)4)10(5)7-2/h8-9H,6-7H2,1-5H3. The minimum atomic E-state index is 0.769. The SMILES string of the molecule is CCC(C(C)C)N(C)CC. The van der Waals surface area contributed by atoms with Crippen molar-refractivity contribution in [2.45, 2.75) is 40.2 Å². The summed E-state index contributed by atoms with van der Waals surface area (Å²) < 4.78 is 0. The average Bonchev–Trinajstić information content (AvgIpc) is 1.88. The molecule has 0 heterocycles. The maximum atomic E-state index is 2.42. The Labute approximate surface area is 65.4 Å². The zero-order valence-electron chi connectivity index (χ0n) is 8.02. The Morgan fingerprint density at radius 2 is 1.70 bits per heavy atom. The third-order valence-corrected chi connectivity index (χ3v) is 2.25. The van der Waals surface area contributed by atoms with Gasteiger partial charge in [-0.2, -0.15) is 0 Å². The smallest absolute Gasteiger partial charge is 0.0112 e. The van der Waals surface area contributed by atoms with Crippen molar-refractivity contribution in [1.29, 1.82) is 0 Å². The van der Waals surface area contributed by atoms with Crippen LogP contribution in [-0.4, -0.2) is 24.5 Å².